The zero-order valence-electron chi connectivity index (χ0n) is 18.4. The van der Waals surface area contributed by atoms with E-state index >= 15 is 0 Å². The zero-order chi connectivity index (χ0) is 21.1. The summed E-state index contributed by atoms with van der Waals surface area (Å²) >= 11 is 0. The molecule has 0 saturated heterocycles. The van der Waals surface area contributed by atoms with E-state index in [9.17, 15) is 0 Å². The number of guanidine groups is 1. The summed E-state index contributed by atoms with van der Waals surface area (Å²) in [4.78, 5) is 8.59. The van der Waals surface area contributed by atoms with Crippen LogP contribution in [0.5, 0.6) is 11.6 Å². The molecular formula is C22H33IN4O3. The van der Waals surface area contributed by atoms with Crippen molar-refractivity contribution in [2.75, 3.05) is 27.4 Å². The first-order valence-corrected chi connectivity index (χ1v) is 9.79. The van der Waals surface area contributed by atoms with Crippen LogP contribution in [0.1, 0.15) is 30.5 Å². The average molecular weight is 528 g/mol. The van der Waals surface area contributed by atoms with Gasteiger partial charge in [-0.15, -0.1) is 24.0 Å². The Kier molecular flexibility index (Phi) is 12.1. The number of benzene rings is 1. The Labute approximate surface area is 196 Å². The van der Waals surface area contributed by atoms with E-state index in [0.717, 1.165) is 16.9 Å². The number of ether oxygens (including phenoxy) is 3. The van der Waals surface area contributed by atoms with Crippen LogP contribution in [0.15, 0.2) is 41.5 Å². The van der Waals surface area contributed by atoms with Gasteiger partial charge in [-0.25, -0.2) is 4.98 Å². The molecule has 0 amide bonds. The van der Waals surface area contributed by atoms with Crippen LogP contribution in [0.4, 0.5) is 0 Å². The molecule has 0 aliphatic carbocycles. The number of aromatic nitrogens is 1. The van der Waals surface area contributed by atoms with E-state index in [-0.39, 0.29) is 30.1 Å². The van der Waals surface area contributed by atoms with Crippen molar-refractivity contribution in [3.63, 3.8) is 0 Å². The van der Waals surface area contributed by atoms with Crippen LogP contribution >= 0.6 is 24.0 Å². The number of aryl methyl sites for hydroxylation is 1. The van der Waals surface area contributed by atoms with Gasteiger partial charge in [-0.1, -0.05) is 18.2 Å². The smallest absolute Gasteiger partial charge is 0.213 e. The molecule has 2 N–H and O–H groups in total. The molecule has 8 heteroatoms. The summed E-state index contributed by atoms with van der Waals surface area (Å²) in [6, 6.07) is 10.1. The average Bonchev–Trinajstić information content (AvgIpc) is 2.70. The standard InChI is InChI=1S/C22H32N4O3.HI/c1-16(2)29-20-12-17(3)6-8-19(20)15-26-22(23-4)25-14-18-7-9-21(24-13-18)28-11-10-27-5;/h6-9,12-13,16H,10-11,14-15H2,1-5H3,(H2,23,25,26);1H. The predicted octanol–water partition coefficient (Wildman–Crippen LogP) is 3.69. The van der Waals surface area contributed by atoms with Gasteiger partial charge in [0.2, 0.25) is 5.88 Å². The quantitative estimate of drug-likeness (QED) is 0.212. The summed E-state index contributed by atoms with van der Waals surface area (Å²) in [5.41, 5.74) is 3.30. The zero-order valence-corrected chi connectivity index (χ0v) is 20.7. The molecule has 7 nitrogen and oxygen atoms in total. The lowest BCUT2D eigenvalue weighted by atomic mass is 10.1. The first kappa shape index (κ1) is 26.0. The monoisotopic (exact) mass is 528 g/mol. The fourth-order valence-electron chi connectivity index (χ4n) is 2.59. The van der Waals surface area contributed by atoms with E-state index in [2.05, 4.69) is 45.7 Å². The van der Waals surface area contributed by atoms with E-state index in [1.165, 1.54) is 5.56 Å². The lowest BCUT2D eigenvalue weighted by molar-refractivity contribution is 0.143. The van der Waals surface area contributed by atoms with Gasteiger partial charge in [0.1, 0.15) is 12.4 Å². The van der Waals surface area contributed by atoms with Crippen molar-refractivity contribution in [2.24, 2.45) is 4.99 Å². The number of rotatable bonds is 10. The number of nitrogens with zero attached hydrogens (tertiary/aromatic N) is 2. The van der Waals surface area contributed by atoms with E-state index in [4.69, 9.17) is 14.2 Å². The number of nitrogens with one attached hydrogen (secondary N) is 2. The molecule has 0 radical (unpaired) electrons. The number of pyridine rings is 1. The highest BCUT2D eigenvalue weighted by molar-refractivity contribution is 14.0. The highest BCUT2D eigenvalue weighted by atomic mass is 127. The van der Waals surface area contributed by atoms with Gasteiger partial charge in [0, 0.05) is 45.1 Å². The second-order valence-electron chi connectivity index (χ2n) is 6.90. The van der Waals surface area contributed by atoms with Crippen LogP contribution in [0.25, 0.3) is 0 Å². The van der Waals surface area contributed by atoms with Crippen molar-refractivity contribution in [1.82, 2.24) is 15.6 Å². The Morgan fingerprint density at radius 1 is 1.10 bits per heavy atom. The van der Waals surface area contributed by atoms with Crippen molar-refractivity contribution in [1.29, 1.82) is 0 Å². The Bertz CT molecular complexity index is 782. The summed E-state index contributed by atoms with van der Waals surface area (Å²) in [5, 5.41) is 6.63. The molecule has 1 aromatic heterocycles. The number of aliphatic imine (C=N–C) groups is 1. The minimum atomic E-state index is 0. The number of methoxy groups -OCH3 is 1. The molecule has 0 saturated carbocycles. The third-order valence-electron chi connectivity index (χ3n) is 4.05. The first-order chi connectivity index (χ1) is 14.0. The first-order valence-electron chi connectivity index (χ1n) is 9.79. The molecule has 166 valence electrons. The van der Waals surface area contributed by atoms with Crippen molar-refractivity contribution in [3.05, 3.63) is 53.2 Å². The molecule has 0 aliphatic rings. The molecule has 0 unspecified atom stereocenters. The maximum Gasteiger partial charge on any atom is 0.213 e. The fraction of sp³-hybridized carbons (Fsp3) is 0.455. The van der Waals surface area contributed by atoms with Gasteiger partial charge in [-0.05, 0) is 38.0 Å². The van der Waals surface area contributed by atoms with Crippen LogP contribution in [-0.4, -0.2) is 44.4 Å². The maximum absolute atomic E-state index is 5.94. The fourth-order valence-corrected chi connectivity index (χ4v) is 2.59. The number of halogens is 1. The SMILES string of the molecule is CN=C(NCc1ccc(OCCOC)nc1)NCc1ccc(C)cc1OC(C)C.I. The topological polar surface area (TPSA) is 77.0 Å². The molecule has 2 rings (SSSR count). The lowest BCUT2D eigenvalue weighted by Crippen LogP contribution is -2.36. The Balaban J connectivity index is 0.00000450. The highest BCUT2D eigenvalue weighted by Crippen LogP contribution is 2.21. The summed E-state index contributed by atoms with van der Waals surface area (Å²) in [6.45, 7) is 8.37. The lowest BCUT2D eigenvalue weighted by Gasteiger charge is -2.17. The number of hydrogen-bond donors (Lipinski definition) is 2. The molecule has 0 aliphatic heterocycles. The molecule has 0 bridgehead atoms. The van der Waals surface area contributed by atoms with Crippen molar-refractivity contribution >= 4 is 29.9 Å². The van der Waals surface area contributed by atoms with E-state index in [1.807, 2.05) is 26.0 Å². The molecule has 0 fully saturated rings. The van der Waals surface area contributed by atoms with Crippen molar-refractivity contribution in [3.8, 4) is 11.6 Å². The van der Waals surface area contributed by atoms with Gasteiger partial charge >= 0.3 is 0 Å². The van der Waals surface area contributed by atoms with Crippen LogP contribution in [-0.2, 0) is 17.8 Å². The summed E-state index contributed by atoms with van der Waals surface area (Å²) in [5.74, 6) is 2.20. The van der Waals surface area contributed by atoms with Crippen LogP contribution < -0.4 is 20.1 Å². The summed E-state index contributed by atoms with van der Waals surface area (Å²) in [7, 11) is 3.39. The molecule has 1 aromatic carbocycles. The third kappa shape index (κ3) is 9.17. The molecule has 2 aromatic rings. The van der Waals surface area contributed by atoms with Crippen LogP contribution in [0, 0.1) is 6.92 Å². The summed E-state index contributed by atoms with van der Waals surface area (Å²) in [6.07, 6.45) is 1.92. The molecule has 0 atom stereocenters. The molecule has 1 heterocycles. The van der Waals surface area contributed by atoms with Gasteiger partial charge < -0.3 is 24.8 Å². The van der Waals surface area contributed by atoms with Gasteiger partial charge in [-0.3, -0.25) is 4.99 Å². The van der Waals surface area contributed by atoms with E-state index in [1.54, 1.807) is 20.4 Å². The summed E-state index contributed by atoms with van der Waals surface area (Å²) < 4.78 is 16.4. The largest absolute Gasteiger partial charge is 0.491 e. The normalized spacial score (nSPS) is 11.1. The van der Waals surface area contributed by atoms with Gasteiger partial charge in [0.15, 0.2) is 5.96 Å². The minimum absolute atomic E-state index is 0. The predicted molar refractivity (Wildman–Crippen MR) is 131 cm³/mol. The molecular weight excluding hydrogens is 495 g/mol. The second-order valence-corrected chi connectivity index (χ2v) is 6.90. The van der Waals surface area contributed by atoms with Gasteiger partial charge in [0.05, 0.1) is 12.7 Å². The van der Waals surface area contributed by atoms with Crippen molar-refractivity contribution in [2.45, 2.75) is 40.0 Å². The minimum Gasteiger partial charge on any atom is -0.491 e. The van der Waals surface area contributed by atoms with Gasteiger partial charge in [-0.2, -0.15) is 0 Å². The van der Waals surface area contributed by atoms with E-state index in [0.29, 0.717) is 38.1 Å². The van der Waals surface area contributed by atoms with Gasteiger partial charge in [0.25, 0.3) is 0 Å². The maximum atomic E-state index is 5.94. The second kappa shape index (κ2) is 14.0. The molecule has 30 heavy (non-hydrogen) atoms. The third-order valence-corrected chi connectivity index (χ3v) is 4.05. The Morgan fingerprint density at radius 3 is 2.50 bits per heavy atom. The van der Waals surface area contributed by atoms with Crippen LogP contribution in [0.2, 0.25) is 0 Å². The Morgan fingerprint density at radius 2 is 1.87 bits per heavy atom. The highest BCUT2D eigenvalue weighted by Gasteiger charge is 2.08. The Hall–Kier alpha value is -2.07. The van der Waals surface area contributed by atoms with Crippen molar-refractivity contribution < 1.29 is 14.2 Å². The number of hydrogen-bond acceptors (Lipinski definition) is 5. The van der Waals surface area contributed by atoms with E-state index < -0.39 is 0 Å². The molecule has 0 spiro atoms. The van der Waals surface area contributed by atoms with Crippen LogP contribution in [0.3, 0.4) is 0 Å².